The number of rotatable bonds is 4. The molecular weight excluding hydrogens is 260 g/mol. The highest BCUT2D eigenvalue weighted by molar-refractivity contribution is 7.89. The van der Waals surface area contributed by atoms with Crippen molar-refractivity contribution in [1.82, 2.24) is 4.31 Å². The summed E-state index contributed by atoms with van der Waals surface area (Å²) < 4.78 is 26.2. The van der Waals surface area contributed by atoms with Crippen molar-refractivity contribution >= 4 is 10.0 Å². The van der Waals surface area contributed by atoms with Crippen LogP contribution in [0.2, 0.25) is 0 Å². The Kier molecular flexibility index (Phi) is 4.28. The van der Waals surface area contributed by atoms with Crippen LogP contribution in [0, 0.1) is 5.92 Å². The normalized spacial score (nSPS) is 21.2. The summed E-state index contributed by atoms with van der Waals surface area (Å²) in [6, 6.07) is 7.19. The van der Waals surface area contributed by atoms with Gasteiger partial charge in [-0.1, -0.05) is 26.0 Å². The zero-order chi connectivity index (χ0) is 14.0. The van der Waals surface area contributed by atoms with Crippen molar-refractivity contribution < 1.29 is 8.42 Å². The second kappa shape index (κ2) is 5.61. The lowest BCUT2D eigenvalue weighted by atomic mass is 10.0. The monoisotopic (exact) mass is 282 g/mol. The van der Waals surface area contributed by atoms with Crippen LogP contribution in [0.25, 0.3) is 0 Å². The largest absolute Gasteiger partial charge is 0.326 e. The molecule has 0 aromatic heterocycles. The molecule has 1 aromatic rings. The molecule has 0 radical (unpaired) electrons. The molecular formula is C14H22N2O2S. The van der Waals surface area contributed by atoms with Crippen molar-refractivity contribution in [2.75, 3.05) is 13.1 Å². The van der Waals surface area contributed by atoms with E-state index in [-0.39, 0.29) is 6.04 Å². The fraction of sp³-hybridized carbons (Fsp3) is 0.571. The number of nitrogens with zero attached hydrogens (tertiary/aromatic N) is 1. The molecule has 1 atom stereocenters. The lowest BCUT2D eigenvalue weighted by Gasteiger charge is -2.16. The van der Waals surface area contributed by atoms with Gasteiger partial charge in [-0.15, -0.1) is 0 Å². The molecule has 2 N–H and O–H groups in total. The molecule has 0 aliphatic carbocycles. The molecule has 0 spiro atoms. The van der Waals surface area contributed by atoms with E-state index in [0.717, 1.165) is 12.8 Å². The molecule has 5 heteroatoms. The molecule has 1 unspecified atom stereocenters. The summed E-state index contributed by atoms with van der Waals surface area (Å²) in [7, 11) is -3.36. The zero-order valence-electron chi connectivity index (χ0n) is 11.5. The Morgan fingerprint density at radius 2 is 1.95 bits per heavy atom. The van der Waals surface area contributed by atoms with E-state index in [9.17, 15) is 8.42 Å². The molecule has 0 saturated carbocycles. The Hall–Kier alpha value is -0.910. The molecule has 1 fully saturated rings. The van der Waals surface area contributed by atoms with Gasteiger partial charge in [0.05, 0.1) is 4.90 Å². The summed E-state index contributed by atoms with van der Waals surface area (Å²) in [4.78, 5) is 0.370. The molecule has 0 amide bonds. The molecule has 1 aliphatic heterocycles. The first-order chi connectivity index (χ1) is 8.89. The number of nitrogens with two attached hydrogens (primary N) is 1. The van der Waals surface area contributed by atoms with Crippen LogP contribution in [0.3, 0.4) is 0 Å². The van der Waals surface area contributed by atoms with Crippen LogP contribution < -0.4 is 5.73 Å². The van der Waals surface area contributed by atoms with Crippen molar-refractivity contribution in [1.29, 1.82) is 0 Å². The maximum Gasteiger partial charge on any atom is 0.243 e. The summed E-state index contributed by atoms with van der Waals surface area (Å²) in [6.45, 7) is 5.25. The van der Waals surface area contributed by atoms with Crippen LogP contribution >= 0.6 is 0 Å². The minimum atomic E-state index is -3.36. The molecule has 19 heavy (non-hydrogen) atoms. The van der Waals surface area contributed by atoms with Crippen molar-refractivity contribution in [2.24, 2.45) is 11.7 Å². The lowest BCUT2D eigenvalue weighted by Crippen LogP contribution is -2.31. The summed E-state index contributed by atoms with van der Waals surface area (Å²) in [5.74, 6) is 0.569. The van der Waals surface area contributed by atoms with E-state index in [4.69, 9.17) is 5.73 Å². The van der Waals surface area contributed by atoms with Crippen LogP contribution in [-0.4, -0.2) is 31.9 Å². The molecule has 1 aromatic carbocycles. The van der Waals surface area contributed by atoms with Crippen molar-refractivity contribution in [2.45, 2.75) is 37.6 Å². The number of hydrogen-bond acceptors (Lipinski definition) is 3. The predicted molar refractivity (Wildman–Crippen MR) is 76.3 cm³/mol. The minimum absolute atomic E-state index is 0.0324. The van der Waals surface area contributed by atoms with Gasteiger partial charge in [0.1, 0.15) is 0 Å². The van der Waals surface area contributed by atoms with Gasteiger partial charge in [-0.05, 0) is 36.5 Å². The van der Waals surface area contributed by atoms with Gasteiger partial charge < -0.3 is 5.73 Å². The fourth-order valence-electron chi connectivity index (χ4n) is 2.39. The maximum absolute atomic E-state index is 12.4. The SMILES string of the molecule is CC(C)Cc1ccc(S(=O)(=O)N2CCC(N)C2)cc1. The quantitative estimate of drug-likeness (QED) is 0.912. The van der Waals surface area contributed by atoms with Gasteiger partial charge in [0.2, 0.25) is 10.0 Å². The summed E-state index contributed by atoms with van der Waals surface area (Å²) in [5, 5.41) is 0. The summed E-state index contributed by atoms with van der Waals surface area (Å²) >= 11 is 0. The van der Waals surface area contributed by atoms with Crippen LogP contribution in [0.4, 0.5) is 0 Å². The fourth-order valence-corrected chi connectivity index (χ4v) is 3.90. The predicted octanol–water partition coefficient (Wildman–Crippen LogP) is 1.61. The van der Waals surface area contributed by atoms with Crippen LogP contribution in [0.5, 0.6) is 0 Å². The molecule has 106 valence electrons. The van der Waals surface area contributed by atoms with E-state index in [1.54, 1.807) is 12.1 Å². The van der Waals surface area contributed by atoms with Gasteiger partial charge in [-0.25, -0.2) is 8.42 Å². The minimum Gasteiger partial charge on any atom is -0.326 e. The van der Waals surface area contributed by atoms with E-state index >= 15 is 0 Å². The van der Waals surface area contributed by atoms with Gasteiger partial charge in [0.25, 0.3) is 0 Å². The number of benzene rings is 1. The van der Waals surface area contributed by atoms with Gasteiger partial charge >= 0.3 is 0 Å². The Labute approximate surface area is 115 Å². The van der Waals surface area contributed by atoms with E-state index in [1.165, 1.54) is 9.87 Å². The third kappa shape index (κ3) is 3.35. The summed E-state index contributed by atoms with van der Waals surface area (Å²) in [5.41, 5.74) is 6.95. The molecule has 1 saturated heterocycles. The van der Waals surface area contributed by atoms with E-state index in [0.29, 0.717) is 23.9 Å². The second-order valence-corrected chi connectivity index (χ2v) is 7.59. The van der Waals surface area contributed by atoms with Gasteiger partial charge in [-0.3, -0.25) is 0 Å². The van der Waals surface area contributed by atoms with Crippen LogP contribution in [-0.2, 0) is 16.4 Å². The standard InChI is InChI=1S/C14H22N2O2S/c1-11(2)9-12-3-5-14(6-4-12)19(17,18)16-8-7-13(15)10-16/h3-6,11,13H,7-10,15H2,1-2H3. The lowest BCUT2D eigenvalue weighted by molar-refractivity contribution is 0.472. The number of hydrogen-bond donors (Lipinski definition) is 1. The molecule has 4 nitrogen and oxygen atoms in total. The topological polar surface area (TPSA) is 63.4 Å². The highest BCUT2D eigenvalue weighted by Crippen LogP contribution is 2.21. The van der Waals surface area contributed by atoms with E-state index in [1.807, 2.05) is 12.1 Å². The van der Waals surface area contributed by atoms with Crippen molar-refractivity contribution in [3.8, 4) is 0 Å². The number of sulfonamides is 1. The highest BCUT2D eigenvalue weighted by atomic mass is 32.2. The average Bonchev–Trinajstić information content (AvgIpc) is 2.76. The third-order valence-corrected chi connectivity index (χ3v) is 5.27. The van der Waals surface area contributed by atoms with Gasteiger partial charge in [-0.2, -0.15) is 4.31 Å². The van der Waals surface area contributed by atoms with Gasteiger partial charge in [0.15, 0.2) is 0 Å². The smallest absolute Gasteiger partial charge is 0.243 e. The van der Waals surface area contributed by atoms with Crippen LogP contribution in [0.15, 0.2) is 29.2 Å². The Balaban J connectivity index is 2.17. The third-order valence-electron chi connectivity index (χ3n) is 3.39. The molecule has 2 rings (SSSR count). The van der Waals surface area contributed by atoms with E-state index < -0.39 is 10.0 Å². The molecule has 1 heterocycles. The molecule has 1 aliphatic rings. The average molecular weight is 282 g/mol. The first kappa shape index (κ1) is 14.5. The van der Waals surface area contributed by atoms with Crippen molar-refractivity contribution in [3.05, 3.63) is 29.8 Å². The van der Waals surface area contributed by atoms with Crippen molar-refractivity contribution in [3.63, 3.8) is 0 Å². The highest BCUT2D eigenvalue weighted by Gasteiger charge is 2.30. The Bertz CT molecular complexity index is 523. The maximum atomic E-state index is 12.4. The van der Waals surface area contributed by atoms with Gasteiger partial charge in [0, 0.05) is 19.1 Å². The van der Waals surface area contributed by atoms with E-state index in [2.05, 4.69) is 13.8 Å². The zero-order valence-corrected chi connectivity index (χ0v) is 12.4. The molecule has 0 bridgehead atoms. The first-order valence-corrected chi connectivity index (χ1v) is 8.18. The first-order valence-electron chi connectivity index (χ1n) is 6.74. The summed E-state index contributed by atoms with van der Waals surface area (Å²) in [6.07, 6.45) is 1.71. The Morgan fingerprint density at radius 3 is 2.42 bits per heavy atom. The van der Waals surface area contributed by atoms with Crippen LogP contribution in [0.1, 0.15) is 25.8 Å². The second-order valence-electron chi connectivity index (χ2n) is 5.65. The Morgan fingerprint density at radius 1 is 1.32 bits per heavy atom.